The fourth-order valence-electron chi connectivity index (χ4n) is 2.96. The number of benzene rings is 3. The van der Waals surface area contributed by atoms with Crippen LogP contribution in [0.3, 0.4) is 0 Å². The van der Waals surface area contributed by atoms with Crippen LogP contribution < -0.4 is 4.74 Å². The molecule has 154 valence electrons. The van der Waals surface area contributed by atoms with E-state index in [1.165, 1.54) is 4.90 Å². The molecular weight excluding hydrogens is 392 g/mol. The minimum absolute atomic E-state index is 0.0838. The minimum atomic E-state index is -0.520. The molecule has 3 aromatic rings. The van der Waals surface area contributed by atoms with E-state index in [9.17, 15) is 9.59 Å². The molecule has 1 heterocycles. The zero-order valence-electron chi connectivity index (χ0n) is 17.1. The molecule has 1 aliphatic rings. The first kappa shape index (κ1) is 20.1. The Morgan fingerprint density at radius 3 is 2.19 bits per heavy atom. The number of hydrogen-bond acceptors (Lipinski definition) is 5. The van der Waals surface area contributed by atoms with Crippen molar-refractivity contribution in [1.29, 1.82) is 0 Å². The van der Waals surface area contributed by atoms with Gasteiger partial charge in [0.15, 0.2) is 5.70 Å². The number of cyclic esters (lactones) is 1. The first-order chi connectivity index (χ1) is 15.0. The molecule has 0 N–H and O–H groups in total. The number of carbonyl (C=O) groups excluding carboxylic acids is 2. The van der Waals surface area contributed by atoms with E-state index in [-0.39, 0.29) is 17.5 Å². The molecule has 0 aromatic heterocycles. The Balaban J connectivity index is 1.49. The maximum absolute atomic E-state index is 12.2. The number of ether oxygens (including phenoxy) is 2. The molecule has 4 rings (SSSR count). The maximum atomic E-state index is 12.2. The highest BCUT2D eigenvalue weighted by Gasteiger charge is 2.24. The second-order valence-electron chi connectivity index (χ2n) is 7.10. The lowest BCUT2D eigenvalue weighted by atomic mass is 10.1. The average Bonchev–Trinajstić information content (AvgIpc) is 3.15. The molecule has 6 heteroatoms. The quantitative estimate of drug-likeness (QED) is 0.456. The van der Waals surface area contributed by atoms with E-state index in [0.717, 1.165) is 11.3 Å². The van der Waals surface area contributed by atoms with E-state index in [0.29, 0.717) is 16.9 Å². The largest absolute Gasteiger partial charge is 0.457 e. The van der Waals surface area contributed by atoms with Crippen molar-refractivity contribution < 1.29 is 19.1 Å². The molecule has 0 unspecified atom stereocenters. The minimum Gasteiger partial charge on any atom is -0.457 e. The number of rotatable bonds is 5. The fourth-order valence-corrected chi connectivity index (χ4v) is 2.96. The summed E-state index contributed by atoms with van der Waals surface area (Å²) in [5, 5.41) is 0. The molecule has 0 radical (unpaired) electrons. The van der Waals surface area contributed by atoms with Crippen LogP contribution in [0.25, 0.3) is 6.08 Å². The first-order valence-electron chi connectivity index (χ1n) is 9.67. The number of hydrogen-bond donors (Lipinski definition) is 0. The molecule has 0 spiro atoms. The highest BCUT2D eigenvalue weighted by Crippen LogP contribution is 2.24. The van der Waals surface area contributed by atoms with Crippen molar-refractivity contribution in [2.75, 3.05) is 14.1 Å². The summed E-state index contributed by atoms with van der Waals surface area (Å²) in [6, 6.07) is 23.6. The van der Waals surface area contributed by atoms with Gasteiger partial charge in [0.2, 0.25) is 5.90 Å². The van der Waals surface area contributed by atoms with Crippen LogP contribution in [0.2, 0.25) is 0 Å². The SMILES string of the molecule is CN(C)C(=O)c1ccc(/C=C2/N=C(c3ccc(Oc4ccccc4)cc3)OC2=O)cc1. The highest BCUT2D eigenvalue weighted by molar-refractivity contribution is 6.12. The lowest BCUT2D eigenvalue weighted by molar-refractivity contribution is -0.129. The number of para-hydroxylation sites is 1. The van der Waals surface area contributed by atoms with Crippen LogP contribution in [0.5, 0.6) is 11.5 Å². The Kier molecular flexibility index (Phi) is 5.62. The van der Waals surface area contributed by atoms with Gasteiger partial charge in [-0.3, -0.25) is 4.79 Å². The van der Waals surface area contributed by atoms with Gasteiger partial charge >= 0.3 is 5.97 Å². The molecule has 0 fully saturated rings. The molecular formula is C25H20N2O4. The zero-order chi connectivity index (χ0) is 21.8. The van der Waals surface area contributed by atoms with Gasteiger partial charge in [-0.25, -0.2) is 9.79 Å². The van der Waals surface area contributed by atoms with Crippen LogP contribution in [-0.2, 0) is 9.53 Å². The van der Waals surface area contributed by atoms with Crippen LogP contribution in [0.1, 0.15) is 21.5 Å². The van der Waals surface area contributed by atoms with Gasteiger partial charge in [-0.2, -0.15) is 0 Å². The monoisotopic (exact) mass is 412 g/mol. The van der Waals surface area contributed by atoms with Crippen LogP contribution in [0, 0.1) is 0 Å². The van der Waals surface area contributed by atoms with E-state index < -0.39 is 5.97 Å². The van der Waals surface area contributed by atoms with Crippen LogP contribution in [0.15, 0.2) is 89.6 Å². The Morgan fingerprint density at radius 2 is 1.55 bits per heavy atom. The van der Waals surface area contributed by atoms with Crippen LogP contribution >= 0.6 is 0 Å². The van der Waals surface area contributed by atoms with Crippen molar-refractivity contribution in [3.63, 3.8) is 0 Å². The van der Waals surface area contributed by atoms with Gasteiger partial charge in [-0.05, 0) is 60.2 Å². The summed E-state index contributed by atoms with van der Waals surface area (Å²) >= 11 is 0. The van der Waals surface area contributed by atoms with Gasteiger partial charge in [-0.15, -0.1) is 0 Å². The number of esters is 1. The molecule has 31 heavy (non-hydrogen) atoms. The second-order valence-corrected chi connectivity index (χ2v) is 7.10. The summed E-state index contributed by atoms with van der Waals surface area (Å²) in [4.78, 5) is 30.1. The average molecular weight is 412 g/mol. The van der Waals surface area contributed by atoms with E-state index in [1.807, 2.05) is 30.3 Å². The molecule has 0 aliphatic carbocycles. The smallest absolute Gasteiger partial charge is 0.363 e. The van der Waals surface area contributed by atoms with E-state index in [1.54, 1.807) is 68.7 Å². The molecule has 0 saturated heterocycles. The van der Waals surface area contributed by atoms with Gasteiger partial charge in [0.1, 0.15) is 11.5 Å². The molecule has 1 amide bonds. The summed E-state index contributed by atoms with van der Waals surface area (Å²) in [6.07, 6.45) is 1.63. The van der Waals surface area contributed by atoms with E-state index >= 15 is 0 Å². The number of aliphatic imine (C=N–C) groups is 1. The van der Waals surface area contributed by atoms with Gasteiger partial charge in [0.05, 0.1) is 0 Å². The summed E-state index contributed by atoms with van der Waals surface area (Å²) in [5.41, 5.74) is 2.19. The maximum Gasteiger partial charge on any atom is 0.363 e. The van der Waals surface area contributed by atoms with Crippen molar-refractivity contribution in [3.05, 3.63) is 101 Å². The summed E-state index contributed by atoms with van der Waals surface area (Å²) < 4.78 is 11.1. The summed E-state index contributed by atoms with van der Waals surface area (Å²) in [5.74, 6) is 1.04. The van der Waals surface area contributed by atoms with Gasteiger partial charge < -0.3 is 14.4 Å². The second kappa shape index (κ2) is 8.67. The zero-order valence-corrected chi connectivity index (χ0v) is 17.1. The molecule has 0 saturated carbocycles. The number of amides is 1. The Hall–Kier alpha value is -4.19. The molecule has 0 atom stereocenters. The Labute approximate surface area is 180 Å². The number of nitrogens with zero attached hydrogens (tertiary/aromatic N) is 2. The summed E-state index contributed by atoms with van der Waals surface area (Å²) in [6.45, 7) is 0. The molecule has 0 bridgehead atoms. The standard InChI is InChI=1S/C25H20N2O4/c1-27(2)24(28)19-10-8-17(9-11-19)16-22-25(29)31-23(26-22)18-12-14-21(15-13-18)30-20-6-4-3-5-7-20/h3-16H,1-2H3/b22-16+. The first-order valence-corrected chi connectivity index (χ1v) is 9.67. The molecule has 3 aromatic carbocycles. The van der Waals surface area contributed by atoms with Crippen LogP contribution in [-0.4, -0.2) is 36.8 Å². The van der Waals surface area contributed by atoms with Crippen molar-refractivity contribution in [1.82, 2.24) is 4.90 Å². The highest BCUT2D eigenvalue weighted by atomic mass is 16.6. The third kappa shape index (κ3) is 4.70. The van der Waals surface area contributed by atoms with Gasteiger partial charge in [0.25, 0.3) is 5.91 Å². The van der Waals surface area contributed by atoms with Crippen molar-refractivity contribution in [2.24, 2.45) is 4.99 Å². The predicted octanol–water partition coefficient (Wildman–Crippen LogP) is 4.53. The lowest BCUT2D eigenvalue weighted by Crippen LogP contribution is -2.21. The third-order valence-electron chi connectivity index (χ3n) is 4.57. The normalized spacial score (nSPS) is 14.2. The van der Waals surface area contributed by atoms with Crippen molar-refractivity contribution in [2.45, 2.75) is 0 Å². The van der Waals surface area contributed by atoms with Crippen LogP contribution in [0.4, 0.5) is 0 Å². The van der Waals surface area contributed by atoms with E-state index in [4.69, 9.17) is 9.47 Å². The topological polar surface area (TPSA) is 68.2 Å². The summed E-state index contributed by atoms with van der Waals surface area (Å²) in [7, 11) is 3.40. The Bertz CT molecular complexity index is 1160. The molecule has 6 nitrogen and oxygen atoms in total. The lowest BCUT2D eigenvalue weighted by Gasteiger charge is -2.09. The van der Waals surface area contributed by atoms with Crippen molar-refractivity contribution >= 4 is 23.9 Å². The van der Waals surface area contributed by atoms with E-state index in [2.05, 4.69) is 4.99 Å². The van der Waals surface area contributed by atoms with Gasteiger partial charge in [-0.1, -0.05) is 30.3 Å². The predicted molar refractivity (Wildman–Crippen MR) is 118 cm³/mol. The van der Waals surface area contributed by atoms with Crippen molar-refractivity contribution in [3.8, 4) is 11.5 Å². The fraction of sp³-hybridized carbons (Fsp3) is 0.0800. The third-order valence-corrected chi connectivity index (χ3v) is 4.57. The number of carbonyl (C=O) groups is 2. The molecule has 1 aliphatic heterocycles. The Morgan fingerprint density at radius 1 is 0.903 bits per heavy atom. The van der Waals surface area contributed by atoms with Gasteiger partial charge in [0, 0.05) is 25.2 Å².